The number of thiazole rings is 1. The van der Waals surface area contributed by atoms with E-state index >= 15 is 0 Å². The van der Waals surface area contributed by atoms with Gasteiger partial charge in [0.25, 0.3) is 5.91 Å². The van der Waals surface area contributed by atoms with Gasteiger partial charge in [0.15, 0.2) is 5.76 Å². The molecule has 0 aliphatic carbocycles. The van der Waals surface area contributed by atoms with Crippen LogP contribution in [0.4, 0.5) is 4.39 Å². The second-order valence-electron chi connectivity index (χ2n) is 6.93. The number of rotatable bonds is 5. The molecule has 2 heterocycles. The Morgan fingerprint density at radius 2 is 1.80 bits per heavy atom. The lowest BCUT2D eigenvalue weighted by molar-refractivity contribution is 0.0941. The van der Waals surface area contributed by atoms with E-state index in [4.69, 9.17) is 4.42 Å². The summed E-state index contributed by atoms with van der Waals surface area (Å²) in [6.45, 7) is 5.81. The molecule has 4 rings (SSSR count). The van der Waals surface area contributed by atoms with Crippen LogP contribution in [0.5, 0.6) is 0 Å². The molecule has 5 nitrogen and oxygen atoms in total. The summed E-state index contributed by atoms with van der Waals surface area (Å²) in [4.78, 5) is 22.7. The zero-order valence-corrected chi connectivity index (χ0v) is 17.6. The molecule has 152 valence electrons. The molecule has 1 N–H and O–H groups in total. The van der Waals surface area contributed by atoms with Crippen molar-refractivity contribution in [1.29, 1.82) is 0 Å². The topological polar surface area (TPSA) is 68.0 Å². The Balaban J connectivity index is 1.62. The minimum atomic E-state index is -0.393. The molecule has 2 aromatic carbocycles. The molecule has 0 aliphatic heterocycles. The van der Waals surface area contributed by atoms with Crippen molar-refractivity contribution in [3.63, 3.8) is 0 Å². The van der Waals surface area contributed by atoms with Gasteiger partial charge < -0.3 is 9.73 Å². The van der Waals surface area contributed by atoms with Crippen LogP contribution in [0, 0.1) is 19.7 Å². The molecule has 0 aliphatic rings. The van der Waals surface area contributed by atoms with E-state index in [9.17, 15) is 9.18 Å². The molecule has 0 radical (unpaired) electrons. The Kier molecular flexibility index (Phi) is 5.46. The van der Waals surface area contributed by atoms with Gasteiger partial charge in [-0.3, -0.25) is 4.79 Å². The number of amides is 1. The number of carbonyl (C=O) groups is 1. The summed E-state index contributed by atoms with van der Waals surface area (Å²) in [6.07, 6.45) is 1.47. The molecule has 0 saturated carbocycles. The lowest BCUT2D eigenvalue weighted by Crippen LogP contribution is -2.27. The fraction of sp³-hybridized carbons (Fsp3) is 0.174. The second kappa shape index (κ2) is 8.20. The van der Waals surface area contributed by atoms with Crippen LogP contribution in [0.1, 0.15) is 38.9 Å². The van der Waals surface area contributed by atoms with Gasteiger partial charge in [0, 0.05) is 10.4 Å². The van der Waals surface area contributed by atoms with Crippen molar-refractivity contribution in [3.05, 3.63) is 81.7 Å². The van der Waals surface area contributed by atoms with E-state index in [1.54, 1.807) is 53.8 Å². The van der Waals surface area contributed by atoms with Crippen LogP contribution >= 0.6 is 11.3 Å². The summed E-state index contributed by atoms with van der Waals surface area (Å²) in [7, 11) is 0. The number of aryl methyl sites for hydroxylation is 2. The molecule has 0 spiro atoms. The number of halogens is 1. The van der Waals surface area contributed by atoms with E-state index in [-0.39, 0.29) is 17.8 Å². The van der Waals surface area contributed by atoms with Crippen molar-refractivity contribution < 1.29 is 13.6 Å². The maximum atomic E-state index is 14.1. The Labute approximate surface area is 177 Å². The quantitative estimate of drug-likeness (QED) is 0.448. The molecule has 4 aromatic rings. The Bertz CT molecular complexity index is 1210. The van der Waals surface area contributed by atoms with Crippen molar-refractivity contribution in [2.45, 2.75) is 26.8 Å². The Hall–Kier alpha value is -3.32. The lowest BCUT2D eigenvalue weighted by Gasteiger charge is -2.14. The fourth-order valence-electron chi connectivity index (χ4n) is 3.34. The largest absolute Gasteiger partial charge is 0.436 e. The number of hydrogen-bond acceptors (Lipinski definition) is 5. The Morgan fingerprint density at radius 3 is 2.50 bits per heavy atom. The first-order valence-electron chi connectivity index (χ1n) is 9.49. The summed E-state index contributed by atoms with van der Waals surface area (Å²) in [5.41, 5.74) is 2.22. The zero-order valence-electron chi connectivity index (χ0n) is 16.8. The molecule has 1 atom stereocenters. The SMILES string of the molecule is Cc1nc(C)c([C@@H](C)NC(=O)c2ccccc2-c2ncc(-c3ccccc3F)o2)s1. The predicted octanol–water partition coefficient (Wildman–Crippen LogP) is 5.71. The van der Waals surface area contributed by atoms with E-state index in [1.165, 1.54) is 12.3 Å². The number of aromatic nitrogens is 2. The van der Waals surface area contributed by atoms with Gasteiger partial charge in [-0.25, -0.2) is 14.4 Å². The summed E-state index contributed by atoms with van der Waals surface area (Å²) in [5.74, 6) is -0.0663. The average molecular weight is 421 g/mol. The number of benzene rings is 2. The van der Waals surface area contributed by atoms with Crippen molar-refractivity contribution in [1.82, 2.24) is 15.3 Å². The zero-order chi connectivity index (χ0) is 21.3. The highest BCUT2D eigenvalue weighted by atomic mass is 32.1. The van der Waals surface area contributed by atoms with Gasteiger partial charge >= 0.3 is 0 Å². The molecular formula is C23H20FN3O2S. The molecule has 0 fully saturated rings. The molecule has 0 bridgehead atoms. The number of carbonyl (C=O) groups excluding carboxylic acids is 1. The summed E-state index contributed by atoms with van der Waals surface area (Å²) in [5, 5.41) is 3.99. The standard InChI is InChI=1S/C23H20FN3O2S/c1-13-21(30-15(3)26-13)14(2)27-22(28)16-8-4-5-9-17(16)23-25-12-20(29-23)18-10-6-7-11-19(18)24/h4-12,14H,1-3H3,(H,27,28)/t14-/m1/s1. The van der Waals surface area contributed by atoms with Crippen LogP contribution < -0.4 is 5.32 Å². The normalized spacial score (nSPS) is 12.0. The van der Waals surface area contributed by atoms with Gasteiger partial charge in [0.05, 0.1) is 34.1 Å². The molecule has 0 unspecified atom stereocenters. The van der Waals surface area contributed by atoms with Gasteiger partial charge in [-0.15, -0.1) is 11.3 Å². The number of nitrogens with one attached hydrogen (secondary N) is 1. The van der Waals surface area contributed by atoms with Crippen molar-refractivity contribution in [3.8, 4) is 22.8 Å². The first-order chi connectivity index (χ1) is 14.4. The van der Waals surface area contributed by atoms with Crippen molar-refractivity contribution >= 4 is 17.2 Å². The highest BCUT2D eigenvalue weighted by Gasteiger charge is 2.21. The van der Waals surface area contributed by atoms with Crippen LogP contribution in [0.3, 0.4) is 0 Å². The van der Waals surface area contributed by atoms with E-state index in [2.05, 4.69) is 15.3 Å². The minimum absolute atomic E-state index is 0.185. The number of nitrogens with zero attached hydrogens (tertiary/aromatic N) is 2. The van der Waals surface area contributed by atoms with Gasteiger partial charge in [-0.1, -0.05) is 24.3 Å². The van der Waals surface area contributed by atoms with Crippen molar-refractivity contribution in [2.24, 2.45) is 0 Å². The Morgan fingerprint density at radius 1 is 1.10 bits per heavy atom. The van der Waals surface area contributed by atoms with Crippen LogP contribution in [0.2, 0.25) is 0 Å². The molecule has 2 aromatic heterocycles. The predicted molar refractivity (Wildman–Crippen MR) is 115 cm³/mol. The third-order valence-electron chi connectivity index (χ3n) is 4.73. The van der Waals surface area contributed by atoms with E-state index in [0.29, 0.717) is 22.5 Å². The van der Waals surface area contributed by atoms with Gasteiger partial charge in [-0.05, 0) is 45.0 Å². The molecule has 7 heteroatoms. The monoisotopic (exact) mass is 421 g/mol. The summed E-state index contributed by atoms with van der Waals surface area (Å²) < 4.78 is 19.9. The highest BCUT2D eigenvalue weighted by Crippen LogP contribution is 2.30. The van der Waals surface area contributed by atoms with Crippen LogP contribution in [-0.2, 0) is 0 Å². The molecule has 1 amide bonds. The third-order valence-corrected chi connectivity index (χ3v) is 5.98. The van der Waals surface area contributed by atoms with E-state index in [1.807, 2.05) is 20.8 Å². The van der Waals surface area contributed by atoms with Crippen molar-refractivity contribution in [2.75, 3.05) is 0 Å². The van der Waals surface area contributed by atoms with Gasteiger partial charge in [0.2, 0.25) is 5.89 Å². The third kappa shape index (κ3) is 3.89. The minimum Gasteiger partial charge on any atom is -0.436 e. The number of oxazole rings is 1. The van der Waals surface area contributed by atoms with E-state index < -0.39 is 5.82 Å². The average Bonchev–Trinajstić information content (AvgIpc) is 3.34. The highest BCUT2D eigenvalue weighted by molar-refractivity contribution is 7.11. The number of hydrogen-bond donors (Lipinski definition) is 1. The molecule has 0 saturated heterocycles. The lowest BCUT2D eigenvalue weighted by atomic mass is 10.1. The van der Waals surface area contributed by atoms with Crippen LogP contribution in [-0.4, -0.2) is 15.9 Å². The smallest absolute Gasteiger partial charge is 0.252 e. The van der Waals surface area contributed by atoms with Gasteiger partial charge in [0.1, 0.15) is 5.82 Å². The van der Waals surface area contributed by atoms with E-state index in [0.717, 1.165) is 15.6 Å². The summed E-state index contributed by atoms with van der Waals surface area (Å²) in [6, 6.07) is 13.2. The second-order valence-corrected chi connectivity index (χ2v) is 8.17. The molecular weight excluding hydrogens is 401 g/mol. The first-order valence-corrected chi connectivity index (χ1v) is 10.3. The molecule has 30 heavy (non-hydrogen) atoms. The van der Waals surface area contributed by atoms with Crippen LogP contribution in [0.25, 0.3) is 22.8 Å². The van der Waals surface area contributed by atoms with Crippen LogP contribution in [0.15, 0.2) is 59.1 Å². The first kappa shape index (κ1) is 20.0. The maximum Gasteiger partial charge on any atom is 0.252 e. The summed E-state index contributed by atoms with van der Waals surface area (Å²) >= 11 is 1.57. The van der Waals surface area contributed by atoms with Gasteiger partial charge in [-0.2, -0.15) is 0 Å². The fourth-order valence-corrected chi connectivity index (χ4v) is 4.27. The maximum absolute atomic E-state index is 14.1.